The molecule has 1 fully saturated rings. The lowest BCUT2D eigenvalue weighted by atomic mass is 10.1. The maximum absolute atomic E-state index is 11.5. The van der Waals surface area contributed by atoms with Gasteiger partial charge in [0, 0.05) is 19.6 Å². The zero-order valence-electron chi connectivity index (χ0n) is 8.96. The van der Waals surface area contributed by atoms with Crippen molar-refractivity contribution < 1.29 is 4.79 Å². The van der Waals surface area contributed by atoms with E-state index in [0.29, 0.717) is 5.92 Å². The largest absolute Gasteiger partial charge is 0.338 e. The van der Waals surface area contributed by atoms with Gasteiger partial charge in [0.25, 0.3) is 0 Å². The predicted octanol–water partition coefficient (Wildman–Crippen LogP) is 0.777. The fourth-order valence-electron chi connectivity index (χ4n) is 1.83. The molecule has 1 unspecified atom stereocenters. The molecule has 1 atom stereocenters. The standard InChI is InChI=1S/C10H21N3O/c1-2-6-12-10(14)13-7-4-9(8-13)3-5-11/h9H,2-8,11H2,1H3,(H,12,14). The van der Waals surface area contributed by atoms with Gasteiger partial charge in [-0.3, -0.25) is 0 Å². The molecule has 3 N–H and O–H groups in total. The normalized spacial score (nSPS) is 21.3. The molecule has 0 radical (unpaired) electrons. The van der Waals surface area contributed by atoms with Crippen molar-refractivity contribution in [1.82, 2.24) is 10.2 Å². The topological polar surface area (TPSA) is 58.4 Å². The van der Waals surface area contributed by atoms with Crippen molar-refractivity contribution in [2.45, 2.75) is 26.2 Å². The SMILES string of the molecule is CCCNC(=O)N1CCC(CCN)C1. The number of carbonyl (C=O) groups is 1. The van der Waals surface area contributed by atoms with Gasteiger partial charge in [-0.2, -0.15) is 0 Å². The van der Waals surface area contributed by atoms with Crippen LogP contribution in [0.2, 0.25) is 0 Å². The smallest absolute Gasteiger partial charge is 0.317 e. The zero-order chi connectivity index (χ0) is 10.4. The number of likely N-dealkylation sites (tertiary alicyclic amines) is 1. The molecule has 1 heterocycles. The first-order chi connectivity index (χ1) is 6.77. The van der Waals surface area contributed by atoms with Crippen molar-refractivity contribution in [3.63, 3.8) is 0 Å². The van der Waals surface area contributed by atoms with Gasteiger partial charge in [-0.1, -0.05) is 6.92 Å². The molecule has 14 heavy (non-hydrogen) atoms. The van der Waals surface area contributed by atoms with E-state index in [1.54, 1.807) is 0 Å². The lowest BCUT2D eigenvalue weighted by Gasteiger charge is -2.16. The predicted molar refractivity (Wildman–Crippen MR) is 57.0 cm³/mol. The molecule has 4 heteroatoms. The van der Waals surface area contributed by atoms with Crippen LogP contribution in [0.1, 0.15) is 26.2 Å². The molecule has 0 aliphatic carbocycles. The Morgan fingerprint density at radius 3 is 3.07 bits per heavy atom. The third kappa shape index (κ3) is 3.18. The molecule has 1 aliphatic rings. The third-order valence-corrected chi connectivity index (χ3v) is 2.67. The highest BCUT2D eigenvalue weighted by Crippen LogP contribution is 2.18. The van der Waals surface area contributed by atoms with E-state index in [1.807, 2.05) is 4.90 Å². The van der Waals surface area contributed by atoms with E-state index in [1.165, 1.54) is 0 Å². The molecule has 0 aromatic carbocycles. The third-order valence-electron chi connectivity index (χ3n) is 2.67. The molecular weight excluding hydrogens is 178 g/mol. The number of nitrogens with one attached hydrogen (secondary N) is 1. The number of hydrogen-bond acceptors (Lipinski definition) is 2. The van der Waals surface area contributed by atoms with Crippen LogP contribution in [0.25, 0.3) is 0 Å². The van der Waals surface area contributed by atoms with Gasteiger partial charge in [-0.15, -0.1) is 0 Å². The Morgan fingerprint density at radius 2 is 2.43 bits per heavy atom. The van der Waals surface area contributed by atoms with Crippen LogP contribution in [0.4, 0.5) is 4.79 Å². The number of amides is 2. The van der Waals surface area contributed by atoms with Crippen molar-refractivity contribution in [1.29, 1.82) is 0 Å². The summed E-state index contributed by atoms with van der Waals surface area (Å²) in [4.78, 5) is 13.4. The second-order valence-electron chi connectivity index (χ2n) is 3.91. The minimum atomic E-state index is 0.0892. The first-order valence-corrected chi connectivity index (χ1v) is 5.50. The summed E-state index contributed by atoms with van der Waals surface area (Å²) in [6, 6.07) is 0.0892. The summed E-state index contributed by atoms with van der Waals surface area (Å²) in [5.41, 5.74) is 5.49. The number of rotatable bonds is 4. The van der Waals surface area contributed by atoms with Crippen LogP contribution in [0, 0.1) is 5.92 Å². The van der Waals surface area contributed by atoms with E-state index in [4.69, 9.17) is 5.73 Å². The van der Waals surface area contributed by atoms with Crippen LogP contribution in [0.5, 0.6) is 0 Å². The Hall–Kier alpha value is -0.770. The molecule has 0 bridgehead atoms. The van der Waals surface area contributed by atoms with Gasteiger partial charge in [-0.25, -0.2) is 4.79 Å². The van der Waals surface area contributed by atoms with Gasteiger partial charge in [-0.05, 0) is 31.7 Å². The van der Waals surface area contributed by atoms with Crippen LogP contribution in [-0.4, -0.2) is 37.1 Å². The van der Waals surface area contributed by atoms with Gasteiger partial charge in [0.15, 0.2) is 0 Å². The van der Waals surface area contributed by atoms with Crippen LogP contribution in [-0.2, 0) is 0 Å². The fourth-order valence-corrected chi connectivity index (χ4v) is 1.83. The maximum Gasteiger partial charge on any atom is 0.317 e. The van der Waals surface area contributed by atoms with Crippen molar-refractivity contribution in [2.24, 2.45) is 11.7 Å². The molecule has 0 saturated carbocycles. The van der Waals surface area contributed by atoms with E-state index < -0.39 is 0 Å². The van der Waals surface area contributed by atoms with Crippen molar-refractivity contribution in [3.8, 4) is 0 Å². The molecule has 2 amide bonds. The Kier molecular flexibility index (Phi) is 4.73. The molecule has 0 aromatic rings. The van der Waals surface area contributed by atoms with Gasteiger partial charge in [0.1, 0.15) is 0 Å². The summed E-state index contributed by atoms with van der Waals surface area (Å²) in [5, 5.41) is 2.89. The number of hydrogen-bond donors (Lipinski definition) is 2. The minimum Gasteiger partial charge on any atom is -0.338 e. The van der Waals surface area contributed by atoms with Crippen molar-refractivity contribution in [2.75, 3.05) is 26.2 Å². The maximum atomic E-state index is 11.5. The van der Waals surface area contributed by atoms with E-state index in [0.717, 1.165) is 45.4 Å². The quantitative estimate of drug-likeness (QED) is 0.703. The highest BCUT2D eigenvalue weighted by atomic mass is 16.2. The van der Waals surface area contributed by atoms with Gasteiger partial charge in [0.05, 0.1) is 0 Å². The number of nitrogens with zero attached hydrogens (tertiary/aromatic N) is 1. The van der Waals surface area contributed by atoms with Gasteiger partial charge in [0.2, 0.25) is 0 Å². The lowest BCUT2D eigenvalue weighted by molar-refractivity contribution is 0.207. The molecule has 1 aliphatic heterocycles. The second-order valence-corrected chi connectivity index (χ2v) is 3.91. The highest BCUT2D eigenvalue weighted by molar-refractivity contribution is 5.74. The van der Waals surface area contributed by atoms with Crippen LogP contribution >= 0.6 is 0 Å². The molecule has 0 aromatic heterocycles. The lowest BCUT2D eigenvalue weighted by Crippen LogP contribution is -2.38. The number of nitrogens with two attached hydrogens (primary N) is 1. The number of urea groups is 1. The zero-order valence-corrected chi connectivity index (χ0v) is 8.96. The number of carbonyl (C=O) groups excluding carboxylic acids is 1. The Bertz CT molecular complexity index is 184. The van der Waals surface area contributed by atoms with Crippen molar-refractivity contribution >= 4 is 6.03 Å². The average Bonchev–Trinajstić information content (AvgIpc) is 2.63. The molecule has 82 valence electrons. The first kappa shape index (κ1) is 11.3. The molecule has 1 saturated heterocycles. The molecule has 4 nitrogen and oxygen atoms in total. The first-order valence-electron chi connectivity index (χ1n) is 5.50. The minimum absolute atomic E-state index is 0.0892. The van der Waals surface area contributed by atoms with Crippen LogP contribution < -0.4 is 11.1 Å². The van der Waals surface area contributed by atoms with Gasteiger partial charge >= 0.3 is 6.03 Å². The van der Waals surface area contributed by atoms with Crippen LogP contribution in [0.3, 0.4) is 0 Å². The summed E-state index contributed by atoms with van der Waals surface area (Å²) < 4.78 is 0. The van der Waals surface area contributed by atoms with Gasteiger partial charge < -0.3 is 16.0 Å². The van der Waals surface area contributed by atoms with E-state index in [2.05, 4.69) is 12.2 Å². The fraction of sp³-hybridized carbons (Fsp3) is 0.900. The summed E-state index contributed by atoms with van der Waals surface area (Å²) in [5.74, 6) is 0.618. The summed E-state index contributed by atoms with van der Waals surface area (Å²) in [6.45, 7) is 5.33. The Labute approximate surface area is 85.8 Å². The molecule has 1 rings (SSSR count). The summed E-state index contributed by atoms with van der Waals surface area (Å²) >= 11 is 0. The van der Waals surface area contributed by atoms with E-state index in [-0.39, 0.29) is 6.03 Å². The molecular formula is C10H21N3O. The monoisotopic (exact) mass is 199 g/mol. The second kappa shape index (κ2) is 5.86. The highest BCUT2D eigenvalue weighted by Gasteiger charge is 2.24. The van der Waals surface area contributed by atoms with E-state index >= 15 is 0 Å². The average molecular weight is 199 g/mol. The Balaban J connectivity index is 2.23. The van der Waals surface area contributed by atoms with Crippen LogP contribution in [0.15, 0.2) is 0 Å². The Morgan fingerprint density at radius 1 is 1.64 bits per heavy atom. The summed E-state index contributed by atoms with van der Waals surface area (Å²) in [6.07, 6.45) is 3.14. The molecule has 0 spiro atoms. The summed E-state index contributed by atoms with van der Waals surface area (Å²) in [7, 11) is 0. The van der Waals surface area contributed by atoms with Crippen molar-refractivity contribution in [3.05, 3.63) is 0 Å². The van der Waals surface area contributed by atoms with E-state index in [9.17, 15) is 4.79 Å².